The summed E-state index contributed by atoms with van der Waals surface area (Å²) in [6.45, 7) is 4.13. The smallest absolute Gasteiger partial charge is 0.225 e. The Morgan fingerprint density at radius 3 is 2.62 bits per heavy atom. The summed E-state index contributed by atoms with van der Waals surface area (Å²) in [5.74, 6) is 0.955. The quantitative estimate of drug-likeness (QED) is 0.834. The molecule has 2 aliphatic rings. The third kappa shape index (κ3) is 2.78. The summed E-state index contributed by atoms with van der Waals surface area (Å²) in [5, 5.41) is 0. The van der Waals surface area contributed by atoms with E-state index in [9.17, 15) is 8.42 Å². The number of imidazole rings is 1. The van der Waals surface area contributed by atoms with Crippen LogP contribution in [0.3, 0.4) is 0 Å². The number of hydrogen-bond acceptors (Lipinski definition) is 7. The van der Waals surface area contributed by atoms with Crippen molar-refractivity contribution in [2.75, 3.05) is 29.5 Å². The molecule has 0 aliphatic carbocycles. The molecule has 0 spiro atoms. The molecule has 4 heterocycles. The van der Waals surface area contributed by atoms with Crippen LogP contribution in [0.4, 0.5) is 5.95 Å². The Hall–Kier alpha value is -2.00. The Bertz CT molecular complexity index is 821. The molecule has 0 amide bonds. The van der Waals surface area contributed by atoms with E-state index in [2.05, 4.69) is 24.8 Å². The molecule has 0 unspecified atom stereocenters. The lowest BCUT2D eigenvalue weighted by molar-refractivity contribution is 0.157. The standard InChI is InChI=1S/C15H20N6O2S/c1-11-12(19-10-18-11)7-20-5-6-21(15-16-3-2-4-17-15)14-9-24(22,23)8-13(14)20/h2-4,10,13-14H,5-9H2,1H3,(H,18,19)/t13-,14+/m0/s1. The highest BCUT2D eigenvalue weighted by molar-refractivity contribution is 7.91. The van der Waals surface area contributed by atoms with Crippen LogP contribution >= 0.6 is 0 Å². The highest BCUT2D eigenvalue weighted by atomic mass is 32.2. The van der Waals surface area contributed by atoms with Gasteiger partial charge in [-0.25, -0.2) is 23.4 Å². The number of hydrogen-bond donors (Lipinski definition) is 1. The van der Waals surface area contributed by atoms with Gasteiger partial charge in [0.1, 0.15) is 0 Å². The summed E-state index contributed by atoms with van der Waals surface area (Å²) in [5.41, 5.74) is 2.00. The fourth-order valence-electron chi connectivity index (χ4n) is 3.65. The van der Waals surface area contributed by atoms with Gasteiger partial charge in [-0.1, -0.05) is 0 Å². The van der Waals surface area contributed by atoms with Crippen LogP contribution in [0.2, 0.25) is 0 Å². The molecule has 2 aromatic heterocycles. The third-order valence-corrected chi connectivity index (χ3v) is 6.59. The van der Waals surface area contributed by atoms with Crippen molar-refractivity contribution in [1.29, 1.82) is 0 Å². The molecule has 0 aromatic carbocycles. The highest BCUT2D eigenvalue weighted by Gasteiger charge is 2.47. The topological polar surface area (TPSA) is 95.1 Å². The molecular formula is C15H20N6O2S. The van der Waals surface area contributed by atoms with Gasteiger partial charge < -0.3 is 9.88 Å². The van der Waals surface area contributed by atoms with Crippen molar-refractivity contribution in [3.63, 3.8) is 0 Å². The maximum absolute atomic E-state index is 12.3. The van der Waals surface area contributed by atoms with Gasteiger partial charge in [0.25, 0.3) is 0 Å². The minimum Gasteiger partial charge on any atom is -0.348 e. The molecule has 4 rings (SSSR count). The maximum Gasteiger partial charge on any atom is 0.225 e. The molecule has 2 atom stereocenters. The lowest BCUT2D eigenvalue weighted by Crippen LogP contribution is -2.59. The summed E-state index contributed by atoms with van der Waals surface area (Å²) in [4.78, 5) is 20.3. The van der Waals surface area contributed by atoms with E-state index in [1.807, 2.05) is 11.8 Å². The Balaban J connectivity index is 1.62. The first-order valence-corrected chi connectivity index (χ1v) is 9.82. The van der Waals surface area contributed by atoms with Crippen molar-refractivity contribution in [1.82, 2.24) is 24.8 Å². The zero-order valence-electron chi connectivity index (χ0n) is 13.5. The van der Waals surface area contributed by atoms with Gasteiger partial charge in [0.05, 0.1) is 29.6 Å². The van der Waals surface area contributed by atoms with E-state index in [1.165, 1.54) is 0 Å². The van der Waals surface area contributed by atoms with Gasteiger partial charge in [-0.15, -0.1) is 0 Å². The maximum atomic E-state index is 12.3. The number of aromatic amines is 1. The van der Waals surface area contributed by atoms with Crippen LogP contribution in [0.5, 0.6) is 0 Å². The first-order chi connectivity index (χ1) is 11.5. The summed E-state index contributed by atoms with van der Waals surface area (Å²) < 4.78 is 24.5. The van der Waals surface area contributed by atoms with Gasteiger partial charge in [-0.05, 0) is 13.0 Å². The van der Waals surface area contributed by atoms with E-state index in [1.54, 1.807) is 24.8 Å². The van der Waals surface area contributed by atoms with Crippen LogP contribution in [-0.4, -0.2) is 69.9 Å². The van der Waals surface area contributed by atoms with E-state index in [4.69, 9.17) is 0 Å². The molecule has 2 aromatic rings. The Kier molecular flexibility index (Phi) is 3.76. The molecule has 2 saturated heterocycles. The van der Waals surface area contributed by atoms with Gasteiger partial charge in [-0.3, -0.25) is 4.90 Å². The number of nitrogens with zero attached hydrogens (tertiary/aromatic N) is 5. The number of aryl methyl sites for hydroxylation is 1. The minimum atomic E-state index is -3.06. The second kappa shape index (κ2) is 5.82. The largest absolute Gasteiger partial charge is 0.348 e. The predicted molar refractivity (Wildman–Crippen MR) is 89.3 cm³/mol. The van der Waals surface area contributed by atoms with Crippen molar-refractivity contribution in [2.45, 2.75) is 25.6 Å². The van der Waals surface area contributed by atoms with Crippen molar-refractivity contribution in [2.24, 2.45) is 0 Å². The van der Waals surface area contributed by atoms with Gasteiger partial charge in [0.15, 0.2) is 9.84 Å². The normalized spacial score (nSPS) is 26.5. The predicted octanol–water partition coefficient (Wildman–Crippen LogP) is -0.00408. The summed E-state index contributed by atoms with van der Waals surface area (Å²) in [6, 6.07) is 1.61. The molecule has 9 heteroatoms. The molecular weight excluding hydrogens is 328 g/mol. The summed E-state index contributed by atoms with van der Waals surface area (Å²) in [6.07, 6.45) is 5.07. The third-order valence-electron chi connectivity index (χ3n) is 4.89. The molecule has 2 fully saturated rings. The molecule has 2 aliphatic heterocycles. The molecule has 24 heavy (non-hydrogen) atoms. The first kappa shape index (κ1) is 15.5. The summed E-state index contributed by atoms with van der Waals surface area (Å²) >= 11 is 0. The highest BCUT2D eigenvalue weighted by Crippen LogP contribution is 2.30. The van der Waals surface area contributed by atoms with Gasteiger partial charge in [-0.2, -0.15) is 0 Å². The van der Waals surface area contributed by atoms with Crippen LogP contribution in [0.1, 0.15) is 11.4 Å². The van der Waals surface area contributed by atoms with Crippen LogP contribution in [0.15, 0.2) is 24.8 Å². The van der Waals surface area contributed by atoms with Crippen LogP contribution < -0.4 is 4.90 Å². The number of fused-ring (bicyclic) bond motifs is 1. The molecule has 1 N–H and O–H groups in total. The monoisotopic (exact) mass is 348 g/mol. The average molecular weight is 348 g/mol. The molecule has 8 nitrogen and oxygen atoms in total. The van der Waals surface area contributed by atoms with E-state index in [-0.39, 0.29) is 23.6 Å². The van der Waals surface area contributed by atoms with Crippen LogP contribution in [0, 0.1) is 6.92 Å². The van der Waals surface area contributed by atoms with E-state index in [0.717, 1.165) is 17.9 Å². The lowest BCUT2D eigenvalue weighted by Gasteiger charge is -2.43. The van der Waals surface area contributed by atoms with Gasteiger partial charge in [0.2, 0.25) is 5.95 Å². The van der Waals surface area contributed by atoms with Gasteiger partial charge >= 0.3 is 0 Å². The van der Waals surface area contributed by atoms with Crippen molar-refractivity contribution in [3.05, 3.63) is 36.2 Å². The number of H-pyrrole nitrogens is 1. The number of sulfone groups is 1. The number of nitrogens with one attached hydrogen (secondary N) is 1. The zero-order chi connectivity index (χ0) is 16.7. The second-order valence-electron chi connectivity index (χ2n) is 6.40. The lowest BCUT2D eigenvalue weighted by atomic mass is 10.0. The molecule has 0 bridgehead atoms. The van der Waals surface area contributed by atoms with Crippen LogP contribution in [0.25, 0.3) is 0 Å². The fourth-order valence-corrected chi connectivity index (χ4v) is 5.66. The van der Waals surface area contributed by atoms with E-state index >= 15 is 0 Å². The fraction of sp³-hybridized carbons (Fsp3) is 0.533. The summed E-state index contributed by atoms with van der Waals surface area (Å²) in [7, 11) is -3.06. The van der Waals surface area contributed by atoms with Gasteiger partial charge in [0, 0.05) is 43.8 Å². The molecule has 128 valence electrons. The molecule has 0 saturated carbocycles. The Morgan fingerprint density at radius 2 is 1.92 bits per heavy atom. The second-order valence-corrected chi connectivity index (χ2v) is 8.55. The van der Waals surface area contributed by atoms with E-state index in [0.29, 0.717) is 19.0 Å². The number of rotatable bonds is 3. The number of piperazine rings is 1. The molecule has 0 radical (unpaired) electrons. The van der Waals surface area contributed by atoms with Crippen LogP contribution in [-0.2, 0) is 16.4 Å². The Morgan fingerprint density at radius 1 is 1.17 bits per heavy atom. The number of anilines is 1. The van der Waals surface area contributed by atoms with Crippen molar-refractivity contribution < 1.29 is 8.42 Å². The minimum absolute atomic E-state index is 0.0522. The van der Waals surface area contributed by atoms with Crippen molar-refractivity contribution in [3.8, 4) is 0 Å². The SMILES string of the molecule is Cc1[nH]cnc1CN1CCN(c2ncccn2)[C@@H]2CS(=O)(=O)C[C@@H]21. The van der Waals surface area contributed by atoms with Crippen molar-refractivity contribution >= 4 is 15.8 Å². The number of aromatic nitrogens is 4. The average Bonchev–Trinajstić information content (AvgIpc) is 3.11. The Labute approximate surface area is 140 Å². The zero-order valence-corrected chi connectivity index (χ0v) is 14.3. The first-order valence-electron chi connectivity index (χ1n) is 8.00. The van der Waals surface area contributed by atoms with E-state index < -0.39 is 9.84 Å².